The minimum absolute atomic E-state index is 0.170. The number of carbonyl (C=O) groups is 1. The molecule has 0 aliphatic heterocycles. The van der Waals surface area contributed by atoms with E-state index in [0.717, 1.165) is 6.07 Å². The molecule has 0 fully saturated rings. The molecule has 0 saturated carbocycles. The van der Waals surface area contributed by atoms with E-state index >= 15 is 0 Å². The molecular formula is C10H8F2N4O2. The lowest BCUT2D eigenvalue weighted by atomic mass is 10.2. The average Bonchev–Trinajstić information content (AvgIpc) is 2.82. The molecule has 0 aliphatic carbocycles. The summed E-state index contributed by atoms with van der Waals surface area (Å²) >= 11 is 0. The Labute approximate surface area is 99.8 Å². The first-order chi connectivity index (χ1) is 8.52. The lowest BCUT2D eigenvalue weighted by molar-refractivity contribution is 0.0950. The number of carbonyl (C=O) groups excluding carboxylic acids is 1. The van der Waals surface area contributed by atoms with E-state index in [9.17, 15) is 13.6 Å². The number of amides is 1. The highest BCUT2D eigenvalue weighted by molar-refractivity contribution is 5.90. The van der Waals surface area contributed by atoms with Crippen LogP contribution in [-0.4, -0.2) is 23.1 Å². The van der Waals surface area contributed by atoms with Crippen molar-refractivity contribution in [1.29, 1.82) is 0 Å². The quantitative estimate of drug-likeness (QED) is 0.778. The van der Waals surface area contributed by atoms with Crippen molar-refractivity contribution in [3.63, 3.8) is 0 Å². The maximum Gasteiger partial charge on any atom is 0.292 e. The van der Waals surface area contributed by atoms with Crippen molar-refractivity contribution in [2.24, 2.45) is 0 Å². The van der Waals surface area contributed by atoms with Crippen LogP contribution in [0.25, 0.3) is 11.5 Å². The van der Waals surface area contributed by atoms with Gasteiger partial charge in [0.2, 0.25) is 0 Å². The standard InChI is InChI=1S/C10H8F2N4O2/c1-14-9(17)8-15-10(18-16-8)4-2-7(13)6(12)3-5(4)11/h2-3H,13H2,1H3,(H,14,17). The summed E-state index contributed by atoms with van der Waals surface area (Å²) in [6, 6.07) is 1.63. The van der Waals surface area contributed by atoms with Crippen molar-refractivity contribution >= 4 is 11.6 Å². The third-order valence-electron chi connectivity index (χ3n) is 2.17. The summed E-state index contributed by atoms with van der Waals surface area (Å²) in [7, 11) is 1.38. The fourth-order valence-electron chi connectivity index (χ4n) is 1.27. The zero-order chi connectivity index (χ0) is 13.3. The Morgan fingerprint density at radius 3 is 2.78 bits per heavy atom. The summed E-state index contributed by atoms with van der Waals surface area (Å²) in [5.41, 5.74) is 4.88. The van der Waals surface area contributed by atoms with Gasteiger partial charge in [-0.1, -0.05) is 5.16 Å². The SMILES string of the molecule is CNC(=O)c1noc(-c2cc(N)c(F)cc2F)n1. The number of nitrogens with one attached hydrogen (secondary N) is 1. The lowest BCUT2D eigenvalue weighted by Gasteiger charge is -2.00. The predicted octanol–water partition coefficient (Wildman–Crippen LogP) is 0.957. The largest absolute Gasteiger partial charge is 0.396 e. The van der Waals surface area contributed by atoms with Gasteiger partial charge >= 0.3 is 0 Å². The topological polar surface area (TPSA) is 94.0 Å². The maximum atomic E-state index is 13.5. The predicted molar refractivity (Wildman–Crippen MR) is 57.5 cm³/mol. The van der Waals surface area contributed by atoms with Crippen LogP contribution in [0.3, 0.4) is 0 Å². The van der Waals surface area contributed by atoms with E-state index in [4.69, 9.17) is 10.3 Å². The van der Waals surface area contributed by atoms with E-state index in [2.05, 4.69) is 15.5 Å². The van der Waals surface area contributed by atoms with Gasteiger partial charge in [-0.05, 0) is 6.07 Å². The maximum absolute atomic E-state index is 13.5. The summed E-state index contributed by atoms with van der Waals surface area (Å²) < 4.78 is 31.2. The number of nitrogens with two attached hydrogens (primary N) is 1. The number of nitrogen functional groups attached to an aromatic ring is 1. The smallest absolute Gasteiger partial charge is 0.292 e. The highest BCUT2D eigenvalue weighted by Gasteiger charge is 2.18. The molecule has 0 unspecified atom stereocenters. The van der Waals surface area contributed by atoms with Crippen molar-refractivity contribution in [1.82, 2.24) is 15.5 Å². The van der Waals surface area contributed by atoms with Crippen LogP contribution in [0.15, 0.2) is 16.7 Å². The molecule has 0 saturated heterocycles. The van der Waals surface area contributed by atoms with Crippen LogP contribution < -0.4 is 11.1 Å². The second-order valence-corrected chi connectivity index (χ2v) is 3.36. The van der Waals surface area contributed by atoms with Gasteiger partial charge in [-0.25, -0.2) is 8.78 Å². The highest BCUT2D eigenvalue weighted by atomic mass is 19.1. The van der Waals surface area contributed by atoms with Gasteiger partial charge in [0.1, 0.15) is 11.6 Å². The summed E-state index contributed by atoms with van der Waals surface area (Å²) in [6.45, 7) is 0. The molecule has 0 aliphatic rings. The highest BCUT2D eigenvalue weighted by Crippen LogP contribution is 2.25. The van der Waals surface area contributed by atoms with Gasteiger partial charge in [-0.2, -0.15) is 4.98 Å². The van der Waals surface area contributed by atoms with Crippen molar-refractivity contribution in [2.45, 2.75) is 0 Å². The molecule has 8 heteroatoms. The van der Waals surface area contributed by atoms with Gasteiger partial charge in [-0.3, -0.25) is 4.79 Å². The van der Waals surface area contributed by atoms with E-state index in [0.29, 0.717) is 6.07 Å². The molecule has 94 valence electrons. The molecule has 2 rings (SSSR count). The van der Waals surface area contributed by atoms with Crippen LogP contribution in [0.1, 0.15) is 10.6 Å². The van der Waals surface area contributed by atoms with Gasteiger partial charge < -0.3 is 15.6 Å². The van der Waals surface area contributed by atoms with Crippen molar-refractivity contribution in [2.75, 3.05) is 12.8 Å². The Balaban J connectivity index is 2.46. The molecule has 1 amide bonds. The zero-order valence-corrected chi connectivity index (χ0v) is 9.20. The van der Waals surface area contributed by atoms with Crippen LogP contribution in [0.4, 0.5) is 14.5 Å². The van der Waals surface area contributed by atoms with E-state index in [-0.39, 0.29) is 23.0 Å². The molecule has 0 atom stereocenters. The molecule has 6 nitrogen and oxygen atoms in total. The van der Waals surface area contributed by atoms with E-state index in [1.165, 1.54) is 7.05 Å². The van der Waals surface area contributed by atoms with Crippen LogP contribution in [-0.2, 0) is 0 Å². The molecule has 2 aromatic rings. The fourth-order valence-corrected chi connectivity index (χ4v) is 1.27. The number of hydrogen-bond acceptors (Lipinski definition) is 5. The number of aromatic nitrogens is 2. The molecule has 1 aromatic carbocycles. The molecule has 3 N–H and O–H groups in total. The fraction of sp³-hybridized carbons (Fsp3) is 0.100. The van der Waals surface area contributed by atoms with Crippen molar-refractivity contribution in [3.8, 4) is 11.5 Å². The first-order valence-corrected chi connectivity index (χ1v) is 4.83. The molecular weight excluding hydrogens is 246 g/mol. The molecule has 0 spiro atoms. The molecule has 18 heavy (non-hydrogen) atoms. The second-order valence-electron chi connectivity index (χ2n) is 3.36. The van der Waals surface area contributed by atoms with Gasteiger partial charge in [0.15, 0.2) is 0 Å². The Morgan fingerprint density at radius 1 is 1.39 bits per heavy atom. The van der Waals surface area contributed by atoms with E-state index in [1.54, 1.807) is 0 Å². The average molecular weight is 254 g/mol. The Hall–Kier alpha value is -2.51. The third kappa shape index (κ3) is 1.99. The molecule has 0 bridgehead atoms. The monoisotopic (exact) mass is 254 g/mol. The van der Waals surface area contributed by atoms with Gasteiger partial charge in [-0.15, -0.1) is 0 Å². The minimum atomic E-state index is -0.909. The van der Waals surface area contributed by atoms with Crippen LogP contribution in [0, 0.1) is 11.6 Å². The van der Waals surface area contributed by atoms with Gasteiger partial charge in [0, 0.05) is 13.1 Å². The van der Waals surface area contributed by atoms with E-state index < -0.39 is 17.5 Å². The number of nitrogens with zero attached hydrogens (tertiary/aromatic N) is 2. The number of benzene rings is 1. The Kier molecular flexibility index (Phi) is 2.92. The number of rotatable bonds is 2. The van der Waals surface area contributed by atoms with Crippen LogP contribution in [0.2, 0.25) is 0 Å². The number of anilines is 1. The first kappa shape index (κ1) is 12.0. The lowest BCUT2D eigenvalue weighted by Crippen LogP contribution is -2.19. The first-order valence-electron chi connectivity index (χ1n) is 4.83. The molecule has 0 radical (unpaired) electrons. The van der Waals surface area contributed by atoms with Crippen molar-refractivity contribution in [3.05, 3.63) is 29.6 Å². The molecule has 1 heterocycles. The van der Waals surface area contributed by atoms with Crippen LogP contribution in [0.5, 0.6) is 0 Å². The number of hydrogen-bond donors (Lipinski definition) is 2. The minimum Gasteiger partial charge on any atom is -0.396 e. The van der Waals surface area contributed by atoms with Gasteiger partial charge in [0.05, 0.1) is 11.3 Å². The normalized spacial score (nSPS) is 10.4. The number of halogens is 2. The summed E-state index contributed by atoms with van der Waals surface area (Å²) in [6.07, 6.45) is 0. The zero-order valence-electron chi connectivity index (χ0n) is 9.20. The summed E-state index contributed by atoms with van der Waals surface area (Å²) in [5, 5.41) is 5.64. The Morgan fingerprint density at radius 2 is 2.11 bits per heavy atom. The van der Waals surface area contributed by atoms with E-state index in [1.807, 2.05) is 0 Å². The van der Waals surface area contributed by atoms with Gasteiger partial charge in [0.25, 0.3) is 17.6 Å². The Bertz CT molecular complexity index is 612. The van der Waals surface area contributed by atoms with Crippen LogP contribution >= 0.6 is 0 Å². The summed E-state index contributed by atoms with van der Waals surface area (Å²) in [5.74, 6) is -2.89. The summed E-state index contributed by atoms with van der Waals surface area (Å²) in [4.78, 5) is 14.9. The second kappa shape index (κ2) is 4.40. The molecule has 1 aromatic heterocycles. The van der Waals surface area contributed by atoms with Crippen molar-refractivity contribution < 1.29 is 18.1 Å². The third-order valence-corrected chi connectivity index (χ3v) is 2.17.